The molecule has 0 aromatic rings. The second-order valence-corrected chi connectivity index (χ2v) is 4.47. The second-order valence-electron chi connectivity index (χ2n) is 4.47. The Morgan fingerprint density at radius 3 is 1.91 bits per heavy atom. The molecule has 0 radical (unpaired) electrons. The predicted molar refractivity (Wildman–Crippen MR) is 77.2 cm³/mol. The van der Waals surface area contributed by atoms with Crippen LogP contribution < -0.4 is 11.6 Å². The van der Waals surface area contributed by atoms with Gasteiger partial charge in [-0.1, -0.05) is 6.58 Å². The van der Waals surface area contributed by atoms with Crippen molar-refractivity contribution in [1.82, 2.24) is 5.01 Å². The summed E-state index contributed by atoms with van der Waals surface area (Å²) in [6, 6.07) is -2.40. The van der Waals surface area contributed by atoms with Crippen LogP contribution in [0.25, 0.3) is 0 Å². The first-order chi connectivity index (χ1) is 10.2. The van der Waals surface area contributed by atoms with Crippen LogP contribution in [0.1, 0.15) is 19.3 Å². The Morgan fingerprint density at radius 2 is 1.61 bits per heavy atom. The van der Waals surface area contributed by atoms with E-state index in [1.807, 2.05) is 0 Å². The van der Waals surface area contributed by atoms with Gasteiger partial charge in [0.15, 0.2) is 11.3 Å². The van der Waals surface area contributed by atoms with Gasteiger partial charge in [-0.05, 0) is 31.9 Å². The maximum Gasteiger partial charge on any atom is 0.334 e. The molecular weight excluding hydrogens is 314 g/mol. The number of hydrazine groups is 1. The Morgan fingerprint density at radius 1 is 1.13 bits per heavy atom. The highest BCUT2D eigenvalue weighted by molar-refractivity contribution is 6.13. The molecule has 11 heteroatoms. The van der Waals surface area contributed by atoms with E-state index < -0.39 is 41.7 Å². The van der Waals surface area contributed by atoms with Crippen molar-refractivity contribution < 1.29 is 40.0 Å². The summed E-state index contributed by atoms with van der Waals surface area (Å²) in [5.41, 5.74) is 2.75. The van der Waals surface area contributed by atoms with E-state index in [0.29, 0.717) is 12.5 Å². The topological polar surface area (TPSA) is 216 Å². The molecule has 0 aromatic heterocycles. The first kappa shape index (κ1) is 22.9. The molecule has 9 N–H and O–H groups in total. The number of carboxylic acid groups (broad SMARTS) is 3. The van der Waals surface area contributed by atoms with Crippen molar-refractivity contribution in [3.8, 4) is 0 Å². The van der Waals surface area contributed by atoms with Gasteiger partial charge >= 0.3 is 17.9 Å². The number of carbonyl (C=O) groups is 4. The standard InChI is InChI=1S/C12H19N3O7.H2O/c1-2-7(16)12(11(21)22,5-3-4-6-13)15(14)8(9(17)18)10(19)20;/h2,8H,1,3-6,13-14H2,(H,17,18)(H,19,20)(H,21,22);1H2/t12-;/m1./s1. The normalized spacial score (nSPS) is 13.0. The molecule has 0 aromatic carbocycles. The van der Waals surface area contributed by atoms with Crippen LogP contribution in [0.3, 0.4) is 0 Å². The molecule has 0 saturated heterocycles. The number of hydrogen-bond donors (Lipinski definition) is 5. The summed E-state index contributed by atoms with van der Waals surface area (Å²) < 4.78 is 0. The molecule has 132 valence electrons. The molecule has 0 rings (SSSR count). The Kier molecular flexibility index (Phi) is 9.60. The van der Waals surface area contributed by atoms with Gasteiger partial charge in [0.25, 0.3) is 0 Å². The molecule has 11 nitrogen and oxygen atoms in total. The van der Waals surface area contributed by atoms with Gasteiger partial charge in [0, 0.05) is 0 Å². The molecule has 0 bridgehead atoms. The maximum atomic E-state index is 12.0. The summed E-state index contributed by atoms with van der Waals surface area (Å²) in [7, 11) is 0. The summed E-state index contributed by atoms with van der Waals surface area (Å²) in [6.45, 7) is 3.37. The number of carbonyl (C=O) groups excluding carboxylic acids is 1. The van der Waals surface area contributed by atoms with Gasteiger partial charge in [-0.3, -0.25) is 10.6 Å². The van der Waals surface area contributed by atoms with Crippen molar-refractivity contribution in [1.29, 1.82) is 0 Å². The van der Waals surface area contributed by atoms with Crippen molar-refractivity contribution in [2.75, 3.05) is 6.54 Å². The van der Waals surface area contributed by atoms with Crippen LogP contribution >= 0.6 is 0 Å². The van der Waals surface area contributed by atoms with Crippen LogP contribution in [-0.4, -0.2) is 67.6 Å². The fraction of sp³-hybridized carbons (Fsp3) is 0.500. The van der Waals surface area contributed by atoms with E-state index in [1.54, 1.807) is 0 Å². The number of carboxylic acids is 3. The van der Waals surface area contributed by atoms with Crippen molar-refractivity contribution in [2.45, 2.75) is 30.8 Å². The SMILES string of the molecule is C=CC(=O)[C@](CCCCN)(C(=O)O)N(N)C(C(=O)O)C(=O)O.O. The Balaban J connectivity index is 0. The minimum absolute atomic E-state index is 0. The highest BCUT2D eigenvalue weighted by Crippen LogP contribution is 2.25. The van der Waals surface area contributed by atoms with E-state index in [0.717, 1.165) is 0 Å². The number of ketones is 1. The van der Waals surface area contributed by atoms with Gasteiger partial charge in [0.2, 0.25) is 6.04 Å². The zero-order valence-corrected chi connectivity index (χ0v) is 12.3. The molecule has 1 atom stereocenters. The van der Waals surface area contributed by atoms with Gasteiger partial charge in [-0.15, -0.1) is 0 Å². The van der Waals surface area contributed by atoms with E-state index in [1.165, 1.54) is 0 Å². The lowest BCUT2D eigenvalue weighted by atomic mass is 9.85. The number of hydrogen-bond acceptors (Lipinski definition) is 7. The Labute approximate surface area is 131 Å². The fourth-order valence-corrected chi connectivity index (χ4v) is 1.96. The van der Waals surface area contributed by atoms with E-state index in [-0.39, 0.29) is 23.5 Å². The van der Waals surface area contributed by atoms with Crippen LogP contribution in [-0.2, 0) is 19.2 Å². The number of unbranched alkanes of at least 4 members (excludes halogenated alkanes) is 1. The molecule has 0 unspecified atom stereocenters. The lowest BCUT2D eigenvalue weighted by molar-refractivity contribution is -0.169. The fourth-order valence-electron chi connectivity index (χ4n) is 1.96. The highest BCUT2D eigenvalue weighted by Gasteiger charge is 2.54. The van der Waals surface area contributed by atoms with Crippen LogP contribution in [0, 0.1) is 0 Å². The number of aliphatic carboxylic acids is 3. The highest BCUT2D eigenvalue weighted by atomic mass is 16.4. The lowest BCUT2D eigenvalue weighted by Gasteiger charge is -2.37. The minimum Gasteiger partial charge on any atom is -0.480 e. The second kappa shape index (κ2) is 9.63. The molecule has 0 fully saturated rings. The van der Waals surface area contributed by atoms with Gasteiger partial charge in [0.05, 0.1) is 0 Å². The summed E-state index contributed by atoms with van der Waals surface area (Å²) in [5, 5.41) is 27.3. The van der Waals surface area contributed by atoms with Crippen LogP contribution in [0.4, 0.5) is 0 Å². The minimum atomic E-state index is -2.54. The summed E-state index contributed by atoms with van der Waals surface area (Å²) in [4.78, 5) is 45.7. The molecule has 0 aliphatic carbocycles. The average molecular weight is 335 g/mol. The largest absolute Gasteiger partial charge is 0.480 e. The van der Waals surface area contributed by atoms with Crippen molar-refractivity contribution >= 4 is 23.7 Å². The van der Waals surface area contributed by atoms with Gasteiger partial charge in [0.1, 0.15) is 0 Å². The molecule has 0 spiro atoms. The smallest absolute Gasteiger partial charge is 0.334 e. The van der Waals surface area contributed by atoms with Crippen molar-refractivity contribution in [3.05, 3.63) is 12.7 Å². The first-order valence-electron chi connectivity index (χ1n) is 6.26. The molecule has 0 aliphatic rings. The zero-order chi connectivity index (χ0) is 17.5. The van der Waals surface area contributed by atoms with E-state index in [2.05, 4.69) is 6.58 Å². The Bertz CT molecular complexity index is 467. The van der Waals surface area contributed by atoms with Gasteiger partial charge in [-0.2, -0.15) is 5.01 Å². The third-order valence-electron chi connectivity index (χ3n) is 3.13. The molecule has 0 heterocycles. The van der Waals surface area contributed by atoms with E-state index in [9.17, 15) is 24.3 Å². The van der Waals surface area contributed by atoms with Gasteiger partial charge in [-0.25, -0.2) is 14.4 Å². The third-order valence-corrected chi connectivity index (χ3v) is 3.13. The molecule has 0 saturated carbocycles. The van der Waals surface area contributed by atoms with Gasteiger partial charge < -0.3 is 26.5 Å². The maximum absolute atomic E-state index is 12.0. The monoisotopic (exact) mass is 335 g/mol. The predicted octanol–water partition coefficient (Wildman–Crippen LogP) is -2.42. The Hall–Kier alpha value is -2.34. The summed E-state index contributed by atoms with van der Waals surface area (Å²) >= 11 is 0. The number of rotatable bonds is 11. The third kappa shape index (κ3) is 4.82. The lowest BCUT2D eigenvalue weighted by Crippen LogP contribution is -2.69. The van der Waals surface area contributed by atoms with Crippen LogP contribution in [0.2, 0.25) is 0 Å². The number of nitrogens with two attached hydrogens (primary N) is 2. The quantitative estimate of drug-likeness (QED) is 0.0884. The zero-order valence-electron chi connectivity index (χ0n) is 12.3. The first-order valence-corrected chi connectivity index (χ1v) is 6.26. The van der Waals surface area contributed by atoms with E-state index in [4.69, 9.17) is 21.8 Å². The van der Waals surface area contributed by atoms with Crippen molar-refractivity contribution in [3.63, 3.8) is 0 Å². The summed E-state index contributed by atoms with van der Waals surface area (Å²) in [5.74, 6) is -1.20. The average Bonchev–Trinajstić information content (AvgIpc) is 2.41. The van der Waals surface area contributed by atoms with Crippen LogP contribution in [0.5, 0.6) is 0 Å². The number of nitrogens with zero attached hydrogens (tertiary/aromatic N) is 1. The molecule has 0 amide bonds. The molecular formula is C12H21N3O8. The molecule has 0 aliphatic heterocycles. The van der Waals surface area contributed by atoms with Crippen LogP contribution in [0.15, 0.2) is 12.7 Å². The van der Waals surface area contributed by atoms with Crippen molar-refractivity contribution in [2.24, 2.45) is 11.6 Å². The molecule has 23 heavy (non-hydrogen) atoms. The summed E-state index contributed by atoms with van der Waals surface area (Å²) in [6.07, 6.45) is 0.731. The van der Waals surface area contributed by atoms with E-state index >= 15 is 0 Å².